The Morgan fingerprint density at radius 2 is 2.07 bits per heavy atom. The number of hydrazine groups is 1. The summed E-state index contributed by atoms with van der Waals surface area (Å²) in [4.78, 5) is 11.6. The van der Waals surface area contributed by atoms with Gasteiger partial charge in [0.05, 0.1) is 5.08 Å². The summed E-state index contributed by atoms with van der Waals surface area (Å²) in [5, 5.41) is 0.773. The lowest BCUT2D eigenvalue weighted by Gasteiger charge is -2.13. The average molecular weight is 228 g/mol. The van der Waals surface area contributed by atoms with E-state index in [1.54, 1.807) is 23.9 Å². The average Bonchev–Trinajstić information content (AvgIpc) is 2.26. The summed E-state index contributed by atoms with van der Waals surface area (Å²) in [5.74, 6) is 5.41. The highest BCUT2D eigenvalue weighted by atomic mass is 32.2. The van der Waals surface area contributed by atoms with Crippen molar-refractivity contribution in [1.29, 1.82) is 0 Å². The molecule has 0 aromatic heterocycles. The van der Waals surface area contributed by atoms with Gasteiger partial charge >= 0.3 is 0 Å². The predicted molar refractivity (Wildman–Crippen MR) is 62.8 cm³/mol. The molecule has 14 heavy (non-hydrogen) atoms. The molecule has 0 atom stereocenters. The fraction of sp³-hybridized carbons (Fsp3) is 0.222. The molecule has 0 spiro atoms. The van der Waals surface area contributed by atoms with Crippen molar-refractivity contribution in [2.45, 2.75) is 0 Å². The standard InChI is InChI=1S/C9H12N2OS2/c1-13-7-14-11(10)9(12)8-5-3-2-4-6-8/h2-6H,7,10H2,1H3. The van der Waals surface area contributed by atoms with E-state index in [1.165, 1.54) is 16.4 Å². The van der Waals surface area contributed by atoms with Gasteiger partial charge in [-0.1, -0.05) is 18.2 Å². The van der Waals surface area contributed by atoms with Gasteiger partial charge in [-0.2, -0.15) is 11.8 Å². The Hall–Kier alpha value is -0.650. The number of nitrogens with two attached hydrogens (primary N) is 1. The van der Waals surface area contributed by atoms with E-state index in [1.807, 2.05) is 24.5 Å². The fourth-order valence-corrected chi connectivity index (χ4v) is 1.97. The van der Waals surface area contributed by atoms with E-state index < -0.39 is 0 Å². The van der Waals surface area contributed by atoms with Gasteiger partial charge in [-0.25, -0.2) is 10.3 Å². The van der Waals surface area contributed by atoms with Crippen molar-refractivity contribution in [1.82, 2.24) is 4.41 Å². The van der Waals surface area contributed by atoms with Crippen molar-refractivity contribution < 1.29 is 4.79 Å². The number of rotatable bonds is 4. The van der Waals surface area contributed by atoms with Crippen LogP contribution >= 0.6 is 23.7 Å². The van der Waals surface area contributed by atoms with Gasteiger partial charge in [0.25, 0.3) is 5.91 Å². The molecule has 1 rings (SSSR count). The van der Waals surface area contributed by atoms with Gasteiger partial charge in [-0.15, -0.1) is 0 Å². The molecule has 0 aliphatic carbocycles. The summed E-state index contributed by atoms with van der Waals surface area (Å²) in [6.45, 7) is 0. The fourth-order valence-electron chi connectivity index (χ4n) is 0.876. The number of carbonyl (C=O) groups is 1. The number of carbonyl (C=O) groups excluding carboxylic acids is 1. The van der Waals surface area contributed by atoms with E-state index in [2.05, 4.69) is 0 Å². The zero-order chi connectivity index (χ0) is 10.4. The predicted octanol–water partition coefficient (Wildman–Crippen LogP) is 1.97. The summed E-state index contributed by atoms with van der Waals surface area (Å²) in [6, 6.07) is 9.01. The van der Waals surface area contributed by atoms with Crippen LogP contribution in [0.3, 0.4) is 0 Å². The SMILES string of the molecule is CSCSN(N)C(=O)c1ccccc1. The van der Waals surface area contributed by atoms with Gasteiger partial charge < -0.3 is 0 Å². The molecule has 0 radical (unpaired) electrons. The Balaban J connectivity index is 2.57. The maximum absolute atomic E-state index is 11.6. The first-order valence-electron chi connectivity index (χ1n) is 4.01. The first-order chi connectivity index (χ1) is 6.75. The molecule has 1 amide bonds. The van der Waals surface area contributed by atoms with Crippen LogP contribution in [0.25, 0.3) is 0 Å². The molecule has 0 saturated carbocycles. The van der Waals surface area contributed by atoms with Crippen LogP contribution in [0.5, 0.6) is 0 Å². The van der Waals surface area contributed by atoms with Crippen LogP contribution in [0.15, 0.2) is 30.3 Å². The summed E-state index contributed by atoms with van der Waals surface area (Å²) in [5.41, 5.74) is 0.614. The summed E-state index contributed by atoms with van der Waals surface area (Å²) in [6.07, 6.45) is 1.97. The molecule has 0 aliphatic rings. The lowest BCUT2D eigenvalue weighted by molar-refractivity contribution is 0.0872. The van der Waals surface area contributed by atoms with Gasteiger partial charge in [0.1, 0.15) is 0 Å². The Kier molecular flexibility index (Phi) is 4.86. The summed E-state index contributed by atoms with van der Waals surface area (Å²) >= 11 is 2.94. The highest BCUT2D eigenvalue weighted by Crippen LogP contribution is 2.14. The topological polar surface area (TPSA) is 46.3 Å². The van der Waals surface area contributed by atoms with E-state index in [9.17, 15) is 4.79 Å². The van der Waals surface area contributed by atoms with Crippen molar-refractivity contribution in [3.8, 4) is 0 Å². The van der Waals surface area contributed by atoms with Gasteiger partial charge in [0.15, 0.2) is 0 Å². The number of hydrogen-bond donors (Lipinski definition) is 1. The molecule has 1 aromatic carbocycles. The molecule has 5 heteroatoms. The maximum atomic E-state index is 11.6. The van der Waals surface area contributed by atoms with E-state index in [-0.39, 0.29) is 5.91 Å². The number of hydrogen-bond acceptors (Lipinski definition) is 4. The van der Waals surface area contributed by atoms with E-state index in [4.69, 9.17) is 5.84 Å². The quantitative estimate of drug-likeness (QED) is 0.281. The highest BCUT2D eigenvalue weighted by molar-refractivity contribution is 8.14. The van der Waals surface area contributed by atoms with Crippen LogP contribution < -0.4 is 5.84 Å². The molecule has 76 valence electrons. The Bertz CT molecular complexity index is 292. The number of amides is 1. The van der Waals surface area contributed by atoms with E-state index in [0.29, 0.717) is 5.56 Å². The molecule has 3 nitrogen and oxygen atoms in total. The molecular formula is C9H12N2OS2. The van der Waals surface area contributed by atoms with Crippen LogP contribution in [0.2, 0.25) is 0 Å². The van der Waals surface area contributed by atoms with E-state index >= 15 is 0 Å². The minimum atomic E-state index is -0.162. The lowest BCUT2D eigenvalue weighted by atomic mass is 10.2. The van der Waals surface area contributed by atoms with Crippen molar-refractivity contribution >= 4 is 29.6 Å². The highest BCUT2D eigenvalue weighted by Gasteiger charge is 2.11. The van der Waals surface area contributed by atoms with Gasteiger partial charge in [0.2, 0.25) is 0 Å². The third-order valence-electron chi connectivity index (χ3n) is 1.53. The molecule has 1 aromatic rings. The van der Waals surface area contributed by atoms with Crippen molar-refractivity contribution in [2.24, 2.45) is 5.84 Å². The summed E-state index contributed by atoms with van der Waals surface area (Å²) < 4.78 is 1.17. The monoisotopic (exact) mass is 228 g/mol. The second-order valence-corrected chi connectivity index (χ2v) is 4.70. The molecule has 0 aliphatic heterocycles. The Labute approximate surface area is 92.1 Å². The zero-order valence-electron chi connectivity index (χ0n) is 7.84. The lowest BCUT2D eigenvalue weighted by Crippen LogP contribution is -2.31. The number of benzene rings is 1. The maximum Gasteiger partial charge on any atom is 0.278 e. The van der Waals surface area contributed by atoms with Crippen LogP contribution in [0, 0.1) is 0 Å². The minimum absolute atomic E-state index is 0.162. The van der Waals surface area contributed by atoms with Gasteiger partial charge in [-0.3, -0.25) is 4.79 Å². The normalized spacial score (nSPS) is 9.86. The van der Waals surface area contributed by atoms with Crippen molar-refractivity contribution in [3.05, 3.63) is 35.9 Å². The van der Waals surface area contributed by atoms with Gasteiger partial charge in [-0.05, 0) is 30.3 Å². The molecule has 0 bridgehead atoms. The van der Waals surface area contributed by atoms with Gasteiger partial charge in [0, 0.05) is 5.56 Å². The van der Waals surface area contributed by atoms with Crippen LogP contribution in [-0.4, -0.2) is 21.7 Å². The third kappa shape index (κ3) is 3.25. The molecule has 0 saturated heterocycles. The van der Waals surface area contributed by atoms with Crippen molar-refractivity contribution in [2.75, 3.05) is 11.3 Å². The van der Waals surface area contributed by atoms with Crippen LogP contribution in [0.4, 0.5) is 0 Å². The second kappa shape index (κ2) is 5.95. The summed E-state index contributed by atoms with van der Waals surface area (Å²) in [7, 11) is 0. The van der Waals surface area contributed by atoms with Crippen LogP contribution in [0.1, 0.15) is 10.4 Å². The van der Waals surface area contributed by atoms with Crippen LogP contribution in [-0.2, 0) is 0 Å². The largest absolute Gasteiger partial charge is 0.278 e. The molecule has 0 fully saturated rings. The molecule has 2 N–H and O–H groups in total. The zero-order valence-corrected chi connectivity index (χ0v) is 9.48. The Morgan fingerprint density at radius 3 is 2.64 bits per heavy atom. The first-order valence-corrected chi connectivity index (χ1v) is 6.35. The number of thioether (sulfide) groups is 1. The third-order valence-corrected chi connectivity index (χ3v) is 3.34. The molecular weight excluding hydrogens is 216 g/mol. The second-order valence-electron chi connectivity index (χ2n) is 2.53. The minimum Gasteiger partial charge on any atom is -0.267 e. The molecule has 0 unspecified atom stereocenters. The first kappa shape index (κ1) is 11.4. The smallest absolute Gasteiger partial charge is 0.267 e. The molecule has 0 heterocycles. The van der Waals surface area contributed by atoms with Crippen molar-refractivity contribution in [3.63, 3.8) is 0 Å². The number of nitrogens with zero attached hydrogens (tertiary/aromatic N) is 1. The Morgan fingerprint density at radius 1 is 1.43 bits per heavy atom. The van der Waals surface area contributed by atoms with E-state index in [0.717, 1.165) is 5.08 Å².